The van der Waals surface area contributed by atoms with E-state index in [0.717, 1.165) is 180 Å². The van der Waals surface area contributed by atoms with Gasteiger partial charge in [-0.2, -0.15) is 0 Å². The van der Waals surface area contributed by atoms with Crippen LogP contribution in [0.2, 0.25) is 0 Å². The molecule has 0 bridgehead atoms. The van der Waals surface area contributed by atoms with Crippen molar-refractivity contribution in [3.63, 3.8) is 0 Å². The molecule has 0 aromatic rings. The number of hydrogen-bond acceptors (Lipinski definition) is 19. The topological polar surface area (TPSA) is 375 Å². The Balaban J connectivity index is 0.0000744. The number of ether oxygens (including phenoxy) is 7. The fraction of sp³-hybridized carbons (Fsp3) is 0.938. The van der Waals surface area contributed by atoms with Crippen LogP contribution in [-0.2, 0) is 71.0 Å². The van der Waals surface area contributed by atoms with E-state index in [4.69, 9.17) is 37.7 Å². The largest absolute Gasteiger partial charge is 0.470 e. The van der Waals surface area contributed by atoms with Crippen LogP contribution in [0.5, 0.6) is 0 Å². The van der Waals surface area contributed by atoms with Gasteiger partial charge in [0, 0.05) is 12.8 Å². The zero-order chi connectivity index (χ0) is 88.6. The van der Waals surface area contributed by atoms with Gasteiger partial charge in [0.15, 0.2) is 18.5 Å². The van der Waals surface area contributed by atoms with Gasteiger partial charge in [-0.05, 0) is 58.3 Å². The maximum absolute atomic E-state index is 15.2. The van der Waals surface area contributed by atoms with E-state index in [9.17, 15) is 58.8 Å². The van der Waals surface area contributed by atoms with Gasteiger partial charge in [-0.15, -0.1) is 0 Å². The minimum absolute atomic E-state index is 0. The molecular formula is C97H187N3O21P+. The predicted molar refractivity (Wildman–Crippen MR) is 488 cm³/mol. The van der Waals surface area contributed by atoms with Gasteiger partial charge in [-0.3, -0.25) is 33.3 Å². The van der Waals surface area contributed by atoms with Crippen molar-refractivity contribution in [1.82, 2.24) is 16.8 Å². The van der Waals surface area contributed by atoms with Crippen molar-refractivity contribution >= 4 is 43.5 Å². The number of rotatable bonds is 84. The molecule has 720 valence electrons. The average molecular weight is 1760 g/mol. The smallest absolute Gasteiger partial charge is 0.462 e. The lowest BCUT2D eigenvalue weighted by atomic mass is 9.92. The number of hydrogen-bond donors (Lipinski definition) is 9. The zero-order valence-electron chi connectivity index (χ0n) is 78.8. The van der Waals surface area contributed by atoms with Gasteiger partial charge < -0.3 is 80.2 Å². The number of quaternary nitrogens is 1. The highest BCUT2D eigenvalue weighted by atomic mass is 31.2. The normalized spacial score (nSPS) is 20.2. The fourth-order valence-electron chi connectivity index (χ4n) is 17.0. The van der Waals surface area contributed by atoms with Crippen LogP contribution in [-0.4, -0.2) is 165 Å². The quantitative estimate of drug-likeness (QED) is 0.0118. The van der Waals surface area contributed by atoms with Crippen LogP contribution in [0.25, 0.3) is 0 Å². The van der Waals surface area contributed by atoms with E-state index in [1.165, 1.54) is 154 Å². The van der Waals surface area contributed by atoms with E-state index >= 15 is 4.79 Å². The van der Waals surface area contributed by atoms with E-state index in [-0.39, 0.29) is 25.4 Å². The molecule has 0 saturated carbocycles. The van der Waals surface area contributed by atoms with Crippen molar-refractivity contribution in [3.8, 4) is 0 Å². The Morgan fingerprint density at radius 1 is 0.361 bits per heavy atom. The molecule has 0 radical (unpaired) electrons. The molecule has 2 aliphatic heterocycles. The molecule has 2 fully saturated rings. The molecule has 2 rings (SSSR count). The second-order valence-electron chi connectivity index (χ2n) is 36.0. The molecule has 0 aromatic heterocycles. The molecule has 2 heterocycles. The summed E-state index contributed by atoms with van der Waals surface area (Å²) in [4.78, 5) is 107. The van der Waals surface area contributed by atoms with Crippen LogP contribution in [0.3, 0.4) is 0 Å². The van der Waals surface area contributed by atoms with Crippen molar-refractivity contribution in [1.29, 1.82) is 0 Å². The van der Waals surface area contributed by atoms with Crippen LogP contribution in [0.4, 0.5) is 0 Å². The Kier molecular flexibility index (Phi) is 75.2. The van der Waals surface area contributed by atoms with E-state index in [2.05, 4.69) is 52.2 Å². The first kappa shape index (κ1) is 117. The molecule has 122 heavy (non-hydrogen) atoms. The minimum atomic E-state index is -5.59. The highest BCUT2D eigenvalue weighted by Crippen LogP contribution is 2.43. The molecule has 2 amide bonds. The first-order chi connectivity index (χ1) is 58.6. The number of aliphatic hydroxyl groups is 4. The molecule has 2 aliphatic rings. The van der Waals surface area contributed by atoms with E-state index < -0.39 is 162 Å². The number of unbranched alkanes of at least 4 members (excludes halogenated alkanes) is 52. The third-order valence-electron chi connectivity index (χ3n) is 24.4. The van der Waals surface area contributed by atoms with E-state index in [1.807, 2.05) is 0 Å². The lowest BCUT2D eigenvalue weighted by Gasteiger charge is -2.47. The van der Waals surface area contributed by atoms with Gasteiger partial charge in [-0.1, -0.05) is 388 Å². The summed E-state index contributed by atoms with van der Waals surface area (Å²) in [5.74, 6) is -4.17. The Hall–Kier alpha value is -3.39. The maximum atomic E-state index is 15.2. The molecular weight excluding hydrogens is 1570 g/mol. The molecule has 12 N–H and O–H groups in total. The van der Waals surface area contributed by atoms with Crippen LogP contribution < -0.4 is 16.8 Å². The Morgan fingerprint density at radius 3 is 1.02 bits per heavy atom. The number of carbonyl (C=O) groups excluding carboxylic acids is 6. The number of aliphatic hydroxyl groups excluding tert-OH is 4. The highest BCUT2D eigenvalue weighted by Gasteiger charge is 2.54. The highest BCUT2D eigenvalue weighted by molar-refractivity contribution is 7.46. The number of carbonyl (C=O) groups is 6. The van der Waals surface area contributed by atoms with Crippen LogP contribution >= 0.6 is 7.82 Å². The van der Waals surface area contributed by atoms with Crippen molar-refractivity contribution in [3.05, 3.63) is 0 Å². The first-order valence-electron chi connectivity index (χ1n) is 50.3. The van der Waals surface area contributed by atoms with Gasteiger partial charge in [0.2, 0.25) is 11.8 Å². The number of phosphoric ester groups is 1. The second-order valence-corrected chi connectivity index (χ2v) is 37.2. The van der Waals surface area contributed by atoms with E-state index in [0.29, 0.717) is 64.2 Å². The van der Waals surface area contributed by atoms with Gasteiger partial charge >= 0.3 is 31.7 Å². The molecule has 14 atom stereocenters. The Bertz CT molecular complexity index is 2560. The molecule has 4 unspecified atom stereocenters. The third-order valence-corrected chi connectivity index (χ3v) is 24.9. The van der Waals surface area contributed by atoms with Crippen molar-refractivity contribution in [2.24, 2.45) is 0 Å². The monoisotopic (exact) mass is 1760 g/mol. The molecule has 2 saturated heterocycles. The Labute approximate surface area is 741 Å². The fourth-order valence-corrected chi connectivity index (χ4v) is 17.5. The Morgan fingerprint density at radius 2 is 0.664 bits per heavy atom. The van der Waals surface area contributed by atoms with Crippen molar-refractivity contribution in [2.75, 3.05) is 13.2 Å². The third kappa shape index (κ3) is 62.0. The summed E-state index contributed by atoms with van der Waals surface area (Å²) in [6.45, 7) is 13.1. The SMILES string of the molecule is CCCCCCCCCCCCCC(=O)O[C@H](CCCCCCCCCCC)CC(=O)NC1[C@H](OCC2O[C@H](C)C(NC(=O)C[C@H](O)CCCCCCCCCCC)[C@@H](OC(=O)C[C@H](O)CCCCCCCCCCC)[C@@H]2O)OC(CO)[C@@H](OP(=O)(O)O)[C@@H]1OC(=O)C[C@@H](CCCCCCCCCCC)OC(=O)CCCCCCCCCCCCC.[NH4+]. The summed E-state index contributed by atoms with van der Waals surface area (Å²) in [5.41, 5.74) is 0. The summed E-state index contributed by atoms with van der Waals surface area (Å²) in [6.07, 6.45) is 44.1. The molecule has 24 nitrogen and oxygen atoms in total. The van der Waals surface area contributed by atoms with Crippen LogP contribution in [0.1, 0.15) is 485 Å². The zero-order valence-corrected chi connectivity index (χ0v) is 79.7. The maximum Gasteiger partial charge on any atom is 0.470 e. The first-order valence-corrected chi connectivity index (χ1v) is 51.8. The molecule has 25 heteroatoms. The summed E-state index contributed by atoms with van der Waals surface area (Å²) in [5, 5.41) is 51.9. The van der Waals surface area contributed by atoms with Crippen molar-refractivity contribution < 1.29 is 101 Å². The number of phosphoric acid groups is 1. The van der Waals surface area contributed by atoms with Crippen LogP contribution in [0.15, 0.2) is 0 Å². The van der Waals surface area contributed by atoms with Gasteiger partial charge in [0.05, 0.1) is 63.3 Å². The summed E-state index contributed by atoms with van der Waals surface area (Å²) in [6, 6.07) is -2.96. The number of nitrogens with one attached hydrogen (secondary N) is 2. The van der Waals surface area contributed by atoms with Gasteiger partial charge in [0.1, 0.15) is 42.7 Å². The molecule has 0 aromatic carbocycles. The minimum Gasteiger partial charge on any atom is -0.462 e. The van der Waals surface area contributed by atoms with Gasteiger partial charge in [-0.25, -0.2) is 4.57 Å². The standard InChI is InChI=1S/C97H183N2O21P.H3N/c1-8-14-20-26-32-38-40-46-52-58-64-70-87(105)115-81(68-62-56-50-44-36-30-24-18-12-5)74-86(104)99-92-96(119-90(108)75-82(69-63-57-51-45-37-31-25-19-13-6)116-88(106)71-65-59-53-47-41-39-33-27-21-15-9-2)94(120-121(110,111)112)83(76-100)117-97(92)113-77-84-93(109)95(118-89(107)73-80(102)67-61-55-49-43-35-29-23-17-11-4)91(78(7)114-84)98-85(103)72-79(101)66-60-54-48-42-34-28-22-16-10-3;/h78-84,91-97,100-102,109H,8-77H2,1-7H3,(H,98,103)(H,99,104)(H2,110,111,112);1H3/p+1/t78-,79-,80-,81-,82-,83?,84?,91?,92?,93-,94-,95-,96-,97-;/m1./s1. The molecule has 0 aliphatic carbocycles. The van der Waals surface area contributed by atoms with Gasteiger partial charge in [0.25, 0.3) is 0 Å². The van der Waals surface area contributed by atoms with E-state index in [1.54, 1.807) is 6.92 Å². The van der Waals surface area contributed by atoms with Crippen LogP contribution in [0, 0.1) is 0 Å². The summed E-state index contributed by atoms with van der Waals surface area (Å²) < 4.78 is 62.8. The lowest BCUT2D eigenvalue weighted by molar-refractivity contribution is -0.285. The number of amides is 2. The average Bonchev–Trinajstić information content (AvgIpc) is 0.777. The summed E-state index contributed by atoms with van der Waals surface area (Å²) in [7, 11) is -5.59. The molecule has 0 spiro atoms. The number of esters is 4. The lowest BCUT2D eigenvalue weighted by Crippen LogP contribution is -2.67. The second kappa shape index (κ2) is 78.6. The predicted octanol–water partition coefficient (Wildman–Crippen LogP) is 22.7. The summed E-state index contributed by atoms with van der Waals surface area (Å²) >= 11 is 0. The van der Waals surface area contributed by atoms with Crippen molar-refractivity contribution in [2.45, 2.75) is 571 Å².